The summed E-state index contributed by atoms with van der Waals surface area (Å²) in [5.74, 6) is 0.172. The maximum atomic E-state index is 12.2. The highest BCUT2D eigenvalue weighted by atomic mass is 16.5. The Labute approximate surface area is 114 Å². The highest BCUT2D eigenvalue weighted by Gasteiger charge is 2.36. The van der Waals surface area contributed by atoms with Gasteiger partial charge in [0, 0.05) is 19.8 Å². The van der Waals surface area contributed by atoms with E-state index in [-0.39, 0.29) is 18.1 Å². The summed E-state index contributed by atoms with van der Waals surface area (Å²) >= 11 is 0. The molecule has 2 unspecified atom stereocenters. The largest absolute Gasteiger partial charge is 0.382 e. The number of carbonyl (C=O) groups is 1. The second-order valence-electron chi connectivity index (χ2n) is 4.78. The van der Waals surface area contributed by atoms with Crippen LogP contribution < -0.4 is 5.32 Å². The van der Waals surface area contributed by atoms with Crippen LogP contribution in [0.1, 0.15) is 32.0 Å². The molecular formula is C15H22N2O2. The quantitative estimate of drug-likeness (QED) is 0.797. The number of carbonyl (C=O) groups excluding carboxylic acids is 1. The van der Waals surface area contributed by atoms with Crippen LogP contribution in [0.2, 0.25) is 0 Å². The Morgan fingerprint density at radius 2 is 2.05 bits per heavy atom. The Bertz CT molecular complexity index is 408. The number of hydrogen-bond donors (Lipinski definition) is 1. The van der Waals surface area contributed by atoms with Crippen molar-refractivity contribution in [1.29, 1.82) is 0 Å². The van der Waals surface area contributed by atoms with Crippen LogP contribution in [0.15, 0.2) is 30.3 Å². The van der Waals surface area contributed by atoms with Crippen LogP contribution in [0, 0.1) is 0 Å². The van der Waals surface area contributed by atoms with Crippen molar-refractivity contribution in [1.82, 2.24) is 10.2 Å². The number of hydrogen-bond acceptors (Lipinski definition) is 3. The summed E-state index contributed by atoms with van der Waals surface area (Å²) in [5, 5.41) is 3.35. The third kappa shape index (κ3) is 3.33. The molecule has 1 aliphatic heterocycles. The maximum Gasteiger partial charge on any atom is 0.241 e. The van der Waals surface area contributed by atoms with Gasteiger partial charge in [-0.3, -0.25) is 10.1 Å². The molecule has 0 bridgehead atoms. The normalized spacial score (nSPS) is 23.1. The number of amides is 1. The predicted octanol–water partition coefficient (Wildman–Crippen LogP) is 1.93. The Kier molecular flexibility index (Phi) is 4.93. The average molecular weight is 262 g/mol. The summed E-state index contributed by atoms with van der Waals surface area (Å²) in [7, 11) is 0. The van der Waals surface area contributed by atoms with Gasteiger partial charge in [0.1, 0.15) is 6.17 Å². The molecule has 0 radical (unpaired) electrons. The Balaban J connectivity index is 2.02. The highest BCUT2D eigenvalue weighted by molar-refractivity contribution is 5.84. The van der Waals surface area contributed by atoms with Gasteiger partial charge in [-0.05, 0) is 25.8 Å². The standard InChI is InChI=1S/C15H22N2O2/c1-3-19-11-7-10-17-14(16-12(2)15(17)18)13-8-5-4-6-9-13/h4-6,8-9,12,14,16H,3,7,10-11H2,1-2H3. The van der Waals surface area contributed by atoms with Gasteiger partial charge in [-0.15, -0.1) is 0 Å². The second-order valence-corrected chi connectivity index (χ2v) is 4.78. The van der Waals surface area contributed by atoms with Gasteiger partial charge >= 0.3 is 0 Å². The Morgan fingerprint density at radius 1 is 1.32 bits per heavy atom. The summed E-state index contributed by atoms with van der Waals surface area (Å²) in [4.78, 5) is 14.1. The van der Waals surface area contributed by atoms with Crippen molar-refractivity contribution in [3.8, 4) is 0 Å². The van der Waals surface area contributed by atoms with Crippen molar-refractivity contribution in [2.24, 2.45) is 0 Å². The van der Waals surface area contributed by atoms with Gasteiger partial charge in [-0.25, -0.2) is 0 Å². The zero-order valence-corrected chi connectivity index (χ0v) is 11.6. The zero-order valence-electron chi connectivity index (χ0n) is 11.6. The van der Waals surface area contributed by atoms with Crippen molar-refractivity contribution in [2.75, 3.05) is 19.8 Å². The van der Waals surface area contributed by atoms with E-state index in [2.05, 4.69) is 17.4 Å². The fraction of sp³-hybridized carbons (Fsp3) is 0.533. The minimum atomic E-state index is -0.114. The lowest BCUT2D eigenvalue weighted by Gasteiger charge is -2.24. The summed E-state index contributed by atoms with van der Waals surface area (Å²) in [6.45, 7) is 6.06. The van der Waals surface area contributed by atoms with Crippen molar-refractivity contribution in [3.05, 3.63) is 35.9 Å². The topological polar surface area (TPSA) is 41.6 Å². The van der Waals surface area contributed by atoms with Gasteiger partial charge in [0.15, 0.2) is 0 Å². The first-order valence-electron chi connectivity index (χ1n) is 6.93. The molecule has 1 aliphatic rings. The molecule has 104 valence electrons. The Morgan fingerprint density at radius 3 is 2.74 bits per heavy atom. The van der Waals surface area contributed by atoms with Crippen LogP contribution >= 0.6 is 0 Å². The highest BCUT2D eigenvalue weighted by Crippen LogP contribution is 2.25. The van der Waals surface area contributed by atoms with E-state index in [1.54, 1.807) is 0 Å². The minimum absolute atomic E-state index is 0.00896. The molecule has 1 heterocycles. The molecule has 2 atom stereocenters. The van der Waals surface area contributed by atoms with Gasteiger partial charge in [-0.1, -0.05) is 30.3 Å². The SMILES string of the molecule is CCOCCCN1C(=O)C(C)NC1c1ccccc1. The number of benzene rings is 1. The molecule has 1 amide bonds. The number of ether oxygens (including phenoxy) is 1. The average Bonchev–Trinajstić information content (AvgIpc) is 2.72. The molecular weight excluding hydrogens is 240 g/mol. The third-order valence-corrected chi connectivity index (χ3v) is 3.38. The van der Waals surface area contributed by atoms with Crippen LogP contribution in [-0.2, 0) is 9.53 Å². The van der Waals surface area contributed by atoms with Crippen LogP contribution in [0.5, 0.6) is 0 Å². The maximum absolute atomic E-state index is 12.2. The smallest absolute Gasteiger partial charge is 0.241 e. The molecule has 1 saturated heterocycles. The Hall–Kier alpha value is -1.39. The van der Waals surface area contributed by atoms with E-state index in [1.807, 2.05) is 36.9 Å². The van der Waals surface area contributed by atoms with E-state index < -0.39 is 0 Å². The molecule has 4 nitrogen and oxygen atoms in total. The summed E-state index contributed by atoms with van der Waals surface area (Å²) in [6.07, 6.45) is 0.863. The van der Waals surface area contributed by atoms with Crippen molar-refractivity contribution in [3.63, 3.8) is 0 Å². The van der Waals surface area contributed by atoms with Crippen LogP contribution in [0.25, 0.3) is 0 Å². The minimum Gasteiger partial charge on any atom is -0.382 e. The lowest BCUT2D eigenvalue weighted by molar-refractivity contribution is -0.130. The van der Waals surface area contributed by atoms with Gasteiger partial charge in [0.05, 0.1) is 6.04 Å². The molecule has 0 aliphatic carbocycles. The van der Waals surface area contributed by atoms with Gasteiger partial charge < -0.3 is 9.64 Å². The monoisotopic (exact) mass is 262 g/mol. The van der Waals surface area contributed by atoms with Gasteiger partial charge in [0.2, 0.25) is 5.91 Å². The summed E-state index contributed by atoms with van der Waals surface area (Å²) in [5.41, 5.74) is 1.14. The first-order chi connectivity index (χ1) is 9.24. The van der Waals surface area contributed by atoms with E-state index in [4.69, 9.17) is 4.74 Å². The second kappa shape index (κ2) is 6.68. The van der Waals surface area contributed by atoms with Gasteiger partial charge in [0.25, 0.3) is 0 Å². The first kappa shape index (κ1) is 14.0. The van der Waals surface area contributed by atoms with E-state index in [0.717, 1.165) is 25.1 Å². The number of nitrogens with zero attached hydrogens (tertiary/aromatic N) is 1. The zero-order chi connectivity index (χ0) is 13.7. The lowest BCUT2D eigenvalue weighted by Crippen LogP contribution is -2.32. The van der Waals surface area contributed by atoms with E-state index in [0.29, 0.717) is 6.61 Å². The molecule has 0 spiro atoms. The van der Waals surface area contributed by atoms with Crippen LogP contribution in [0.4, 0.5) is 0 Å². The number of nitrogens with one attached hydrogen (secondary N) is 1. The molecule has 0 aromatic heterocycles. The first-order valence-corrected chi connectivity index (χ1v) is 6.93. The molecule has 4 heteroatoms. The molecule has 19 heavy (non-hydrogen) atoms. The third-order valence-electron chi connectivity index (χ3n) is 3.38. The van der Waals surface area contributed by atoms with Crippen molar-refractivity contribution >= 4 is 5.91 Å². The van der Waals surface area contributed by atoms with E-state index >= 15 is 0 Å². The molecule has 1 N–H and O–H groups in total. The van der Waals surface area contributed by atoms with E-state index in [1.165, 1.54) is 0 Å². The van der Waals surface area contributed by atoms with Gasteiger partial charge in [-0.2, -0.15) is 0 Å². The molecule has 0 saturated carbocycles. The number of rotatable bonds is 6. The van der Waals surface area contributed by atoms with Crippen molar-refractivity contribution < 1.29 is 9.53 Å². The fourth-order valence-corrected chi connectivity index (χ4v) is 2.41. The van der Waals surface area contributed by atoms with Crippen LogP contribution in [-0.4, -0.2) is 36.6 Å². The van der Waals surface area contributed by atoms with Crippen LogP contribution in [0.3, 0.4) is 0 Å². The van der Waals surface area contributed by atoms with Crippen molar-refractivity contribution in [2.45, 2.75) is 32.5 Å². The molecule has 1 aromatic rings. The van der Waals surface area contributed by atoms with E-state index in [9.17, 15) is 4.79 Å². The molecule has 2 rings (SSSR count). The predicted molar refractivity (Wildman–Crippen MR) is 74.6 cm³/mol. The fourth-order valence-electron chi connectivity index (χ4n) is 2.41. The summed E-state index contributed by atoms with van der Waals surface area (Å²) in [6, 6.07) is 9.99. The summed E-state index contributed by atoms with van der Waals surface area (Å²) < 4.78 is 5.34. The molecule has 1 fully saturated rings. The molecule has 1 aromatic carbocycles. The lowest BCUT2D eigenvalue weighted by atomic mass is 10.1.